The molecule has 3 aromatic rings. The summed E-state index contributed by atoms with van der Waals surface area (Å²) in [6.07, 6.45) is 1.38. The molecule has 0 bridgehead atoms. The molecule has 178 valence electrons. The number of hydrogen-bond acceptors (Lipinski definition) is 5. The fourth-order valence-corrected chi connectivity index (χ4v) is 3.75. The number of barbiturate groups is 1. The summed E-state index contributed by atoms with van der Waals surface area (Å²) in [5.41, 5.74) is 2.09. The van der Waals surface area contributed by atoms with Crippen LogP contribution in [0.25, 0.3) is 6.08 Å². The summed E-state index contributed by atoms with van der Waals surface area (Å²) in [7, 11) is 1.45. The summed E-state index contributed by atoms with van der Waals surface area (Å²) in [6, 6.07) is 15.1. The Morgan fingerprint density at radius 2 is 1.83 bits per heavy atom. The van der Waals surface area contributed by atoms with Gasteiger partial charge in [-0.25, -0.2) is 14.1 Å². The van der Waals surface area contributed by atoms with Gasteiger partial charge in [0.25, 0.3) is 11.8 Å². The van der Waals surface area contributed by atoms with Gasteiger partial charge in [0.05, 0.1) is 12.8 Å². The Morgan fingerprint density at radius 1 is 1.03 bits per heavy atom. The first-order valence-electron chi connectivity index (χ1n) is 10.5. The van der Waals surface area contributed by atoms with Gasteiger partial charge in [-0.2, -0.15) is 0 Å². The number of aryl methyl sites for hydroxylation is 1. The molecule has 1 aliphatic rings. The van der Waals surface area contributed by atoms with E-state index in [0.29, 0.717) is 28.3 Å². The molecule has 1 saturated heterocycles. The largest absolute Gasteiger partial charge is 0.493 e. The van der Waals surface area contributed by atoms with E-state index in [9.17, 15) is 18.8 Å². The van der Waals surface area contributed by atoms with Crippen LogP contribution in [0.1, 0.15) is 16.7 Å². The van der Waals surface area contributed by atoms with E-state index in [1.807, 2.05) is 6.92 Å². The van der Waals surface area contributed by atoms with E-state index in [0.717, 1.165) is 14.9 Å². The Kier molecular flexibility index (Phi) is 6.97. The number of methoxy groups -OCH3 is 1. The van der Waals surface area contributed by atoms with Gasteiger partial charge in [0.1, 0.15) is 18.0 Å². The molecule has 0 spiro atoms. The summed E-state index contributed by atoms with van der Waals surface area (Å²) < 4.78 is 25.4. The van der Waals surface area contributed by atoms with Gasteiger partial charge in [-0.15, -0.1) is 0 Å². The normalized spacial score (nSPS) is 14.8. The smallest absolute Gasteiger partial charge is 0.335 e. The Morgan fingerprint density at radius 3 is 2.54 bits per heavy atom. The van der Waals surface area contributed by atoms with Gasteiger partial charge in [0, 0.05) is 4.47 Å². The fraction of sp³-hybridized carbons (Fsp3) is 0.115. The highest BCUT2D eigenvalue weighted by Crippen LogP contribution is 2.31. The molecule has 1 aliphatic heterocycles. The van der Waals surface area contributed by atoms with Gasteiger partial charge in [-0.3, -0.25) is 14.9 Å². The minimum absolute atomic E-state index is 0.124. The van der Waals surface area contributed by atoms with Crippen molar-refractivity contribution in [2.24, 2.45) is 0 Å². The predicted octanol–water partition coefficient (Wildman–Crippen LogP) is 5.15. The van der Waals surface area contributed by atoms with E-state index in [2.05, 4.69) is 21.2 Å². The Labute approximate surface area is 209 Å². The number of benzene rings is 3. The van der Waals surface area contributed by atoms with Gasteiger partial charge in [-0.1, -0.05) is 34.1 Å². The van der Waals surface area contributed by atoms with Crippen molar-refractivity contribution in [3.63, 3.8) is 0 Å². The second kappa shape index (κ2) is 10.1. The first-order valence-corrected chi connectivity index (χ1v) is 11.3. The minimum atomic E-state index is -0.822. The van der Waals surface area contributed by atoms with Gasteiger partial charge in [-0.05, 0) is 72.2 Å². The molecular weight excluding hydrogens is 519 g/mol. The van der Waals surface area contributed by atoms with E-state index in [4.69, 9.17) is 9.47 Å². The molecule has 1 N–H and O–H groups in total. The molecule has 3 aromatic carbocycles. The topological polar surface area (TPSA) is 84.9 Å². The zero-order chi connectivity index (χ0) is 25.1. The number of rotatable bonds is 6. The van der Waals surface area contributed by atoms with E-state index < -0.39 is 17.8 Å². The highest BCUT2D eigenvalue weighted by atomic mass is 79.9. The second-order valence-electron chi connectivity index (χ2n) is 7.72. The molecule has 9 heteroatoms. The molecular formula is C26H20BrFN2O5. The van der Waals surface area contributed by atoms with Gasteiger partial charge >= 0.3 is 6.03 Å². The summed E-state index contributed by atoms with van der Waals surface area (Å²) in [6.45, 7) is 1.95. The van der Waals surface area contributed by atoms with Crippen molar-refractivity contribution < 1.29 is 28.2 Å². The molecule has 0 radical (unpaired) electrons. The van der Waals surface area contributed by atoms with Gasteiger partial charge in [0.15, 0.2) is 11.5 Å². The van der Waals surface area contributed by atoms with Crippen LogP contribution in [0.2, 0.25) is 0 Å². The van der Waals surface area contributed by atoms with Crippen molar-refractivity contribution in [1.29, 1.82) is 0 Å². The Bertz CT molecular complexity index is 1370. The van der Waals surface area contributed by atoms with Crippen molar-refractivity contribution in [3.05, 3.63) is 93.2 Å². The van der Waals surface area contributed by atoms with Crippen LogP contribution >= 0.6 is 15.9 Å². The third-order valence-electron chi connectivity index (χ3n) is 5.28. The molecule has 4 rings (SSSR count). The number of amides is 4. The lowest BCUT2D eigenvalue weighted by Crippen LogP contribution is -2.54. The van der Waals surface area contributed by atoms with Crippen LogP contribution in [0.5, 0.6) is 11.5 Å². The first kappa shape index (κ1) is 24.2. The van der Waals surface area contributed by atoms with Crippen LogP contribution in [0.3, 0.4) is 0 Å². The quantitative estimate of drug-likeness (QED) is 0.346. The molecule has 0 unspecified atom stereocenters. The van der Waals surface area contributed by atoms with E-state index in [1.165, 1.54) is 25.3 Å². The van der Waals surface area contributed by atoms with E-state index >= 15 is 0 Å². The third kappa shape index (κ3) is 5.25. The second-order valence-corrected chi connectivity index (χ2v) is 8.57. The molecule has 0 aromatic heterocycles. The molecule has 7 nitrogen and oxygen atoms in total. The highest BCUT2D eigenvalue weighted by molar-refractivity contribution is 9.10. The number of carbonyl (C=O) groups is 3. The van der Waals surface area contributed by atoms with Crippen molar-refractivity contribution >= 4 is 45.5 Å². The van der Waals surface area contributed by atoms with Crippen LogP contribution < -0.4 is 19.7 Å². The maximum Gasteiger partial charge on any atom is 0.335 e. The Balaban J connectivity index is 1.60. The molecule has 1 fully saturated rings. The van der Waals surface area contributed by atoms with Gasteiger partial charge in [0.2, 0.25) is 0 Å². The molecule has 4 amide bonds. The maximum absolute atomic E-state index is 13.4. The van der Waals surface area contributed by atoms with E-state index in [1.54, 1.807) is 48.5 Å². The van der Waals surface area contributed by atoms with Gasteiger partial charge < -0.3 is 9.47 Å². The fourth-order valence-electron chi connectivity index (χ4n) is 3.51. The number of urea groups is 1. The monoisotopic (exact) mass is 538 g/mol. The number of hydrogen-bond donors (Lipinski definition) is 1. The Hall–Kier alpha value is -3.98. The zero-order valence-corrected chi connectivity index (χ0v) is 20.4. The molecule has 35 heavy (non-hydrogen) atoms. The van der Waals surface area contributed by atoms with Crippen LogP contribution in [-0.4, -0.2) is 25.0 Å². The van der Waals surface area contributed by atoms with Crippen molar-refractivity contribution in [2.75, 3.05) is 12.0 Å². The highest BCUT2D eigenvalue weighted by Gasteiger charge is 2.37. The molecule has 1 heterocycles. The SMILES string of the molecule is COc1cc(/C=C2\C(=O)NC(=O)N(c3ccc(Br)c(C)c3)C2=O)ccc1OCc1cccc(F)c1. The third-order valence-corrected chi connectivity index (χ3v) is 6.17. The lowest BCUT2D eigenvalue weighted by Gasteiger charge is -2.26. The number of nitrogens with one attached hydrogen (secondary N) is 1. The molecule has 0 aliphatic carbocycles. The van der Waals surface area contributed by atoms with Crippen LogP contribution in [-0.2, 0) is 16.2 Å². The number of carbonyl (C=O) groups excluding carboxylic acids is 3. The van der Waals surface area contributed by atoms with Crippen molar-refractivity contribution in [1.82, 2.24) is 5.32 Å². The number of ether oxygens (including phenoxy) is 2. The molecule has 0 saturated carbocycles. The van der Waals surface area contributed by atoms with Crippen molar-refractivity contribution in [2.45, 2.75) is 13.5 Å². The predicted molar refractivity (Wildman–Crippen MR) is 132 cm³/mol. The van der Waals surface area contributed by atoms with Crippen LogP contribution in [0.15, 0.2) is 70.7 Å². The van der Waals surface area contributed by atoms with Crippen molar-refractivity contribution in [3.8, 4) is 11.5 Å². The summed E-state index contributed by atoms with van der Waals surface area (Å²) in [4.78, 5) is 39.0. The summed E-state index contributed by atoms with van der Waals surface area (Å²) in [5, 5.41) is 2.21. The molecule has 0 atom stereocenters. The lowest BCUT2D eigenvalue weighted by molar-refractivity contribution is -0.122. The maximum atomic E-state index is 13.4. The first-order chi connectivity index (χ1) is 16.8. The standard InChI is InChI=1S/C26H20BrFN2O5/c1-15-10-19(7-8-21(15)27)30-25(32)20(24(31)29-26(30)33)12-16-6-9-22(23(13-16)34-2)35-14-17-4-3-5-18(28)11-17/h3-13H,14H2,1-2H3,(H,29,31,33)/b20-12+. The number of halogens is 2. The average Bonchev–Trinajstić information content (AvgIpc) is 2.83. The van der Waals surface area contributed by atoms with Crippen LogP contribution in [0.4, 0.5) is 14.9 Å². The zero-order valence-electron chi connectivity index (χ0n) is 18.8. The summed E-state index contributed by atoms with van der Waals surface area (Å²) >= 11 is 3.39. The van der Waals surface area contributed by atoms with Crippen LogP contribution in [0, 0.1) is 12.7 Å². The lowest BCUT2D eigenvalue weighted by atomic mass is 10.1. The minimum Gasteiger partial charge on any atom is -0.493 e. The number of nitrogens with zero attached hydrogens (tertiary/aromatic N) is 1. The average molecular weight is 539 g/mol. The number of imide groups is 2. The van der Waals surface area contributed by atoms with E-state index in [-0.39, 0.29) is 18.0 Å². The number of anilines is 1. The summed E-state index contributed by atoms with van der Waals surface area (Å²) in [5.74, 6) is -1.14.